The third-order valence-electron chi connectivity index (χ3n) is 7.12. The zero-order valence-corrected chi connectivity index (χ0v) is 27.5. The normalized spacial score (nSPS) is 12.3. The number of ether oxygens (including phenoxy) is 3. The number of aryl methyl sites for hydroxylation is 2. The van der Waals surface area contributed by atoms with Gasteiger partial charge in [-0.1, -0.05) is 23.7 Å². The van der Waals surface area contributed by atoms with Crippen molar-refractivity contribution in [2.75, 3.05) is 18.5 Å². The Morgan fingerprint density at radius 3 is 2.77 bits per heavy atom. The van der Waals surface area contributed by atoms with Crippen molar-refractivity contribution < 1.29 is 28.2 Å². The van der Waals surface area contributed by atoms with E-state index in [0.29, 0.717) is 28.7 Å². The number of hydrogen-bond acceptors (Lipinski definition) is 10. The van der Waals surface area contributed by atoms with Crippen LogP contribution >= 0.6 is 22.9 Å². The molecule has 0 unspecified atom stereocenters. The lowest BCUT2D eigenvalue weighted by molar-refractivity contribution is -0.142. The molecule has 0 radical (unpaired) electrons. The van der Waals surface area contributed by atoms with Crippen LogP contribution in [-0.4, -0.2) is 50.6 Å². The predicted molar refractivity (Wildman–Crippen MR) is 177 cm³/mol. The number of alkyl carbamates (subject to hydrolysis) is 1. The summed E-state index contributed by atoms with van der Waals surface area (Å²) in [6.07, 6.45) is 4.31. The fourth-order valence-electron chi connectivity index (χ4n) is 5.12. The fraction of sp³-hybridized carbons (Fsp3) is 0.303. The van der Waals surface area contributed by atoms with E-state index in [1.54, 1.807) is 61.1 Å². The third kappa shape index (κ3) is 7.80. The largest absolute Gasteiger partial charge is 0.487 e. The van der Waals surface area contributed by atoms with Gasteiger partial charge in [0, 0.05) is 22.3 Å². The van der Waals surface area contributed by atoms with E-state index in [-0.39, 0.29) is 25.6 Å². The maximum absolute atomic E-state index is 13.5. The van der Waals surface area contributed by atoms with E-state index < -0.39 is 17.7 Å². The van der Waals surface area contributed by atoms with E-state index in [4.69, 9.17) is 30.9 Å². The van der Waals surface area contributed by atoms with Crippen LogP contribution in [0.3, 0.4) is 0 Å². The van der Waals surface area contributed by atoms with Crippen molar-refractivity contribution in [3.05, 3.63) is 82.6 Å². The van der Waals surface area contributed by atoms with Crippen LogP contribution in [0.2, 0.25) is 5.02 Å². The Hall–Kier alpha value is -4.75. The van der Waals surface area contributed by atoms with Gasteiger partial charge in [0.15, 0.2) is 0 Å². The number of aromatic nitrogens is 4. The Morgan fingerprint density at radius 2 is 1.98 bits per heavy atom. The molecule has 1 aliphatic carbocycles. The summed E-state index contributed by atoms with van der Waals surface area (Å²) in [5, 5.41) is 11.9. The first kappa shape index (κ1) is 32.2. The number of nitrogens with zero attached hydrogens (tertiary/aromatic N) is 4. The molecular weight excluding hydrogens is 647 g/mol. The Morgan fingerprint density at radius 1 is 1.13 bits per heavy atom. The molecule has 0 saturated carbocycles. The maximum Gasteiger partial charge on any atom is 0.408 e. The Balaban J connectivity index is 1.11. The molecule has 3 heterocycles. The molecule has 0 spiro atoms. The Labute approximate surface area is 279 Å². The van der Waals surface area contributed by atoms with Crippen LogP contribution in [0.5, 0.6) is 5.75 Å². The summed E-state index contributed by atoms with van der Waals surface area (Å²) in [6, 6.07) is 11.6. The summed E-state index contributed by atoms with van der Waals surface area (Å²) >= 11 is 8.12. The highest BCUT2D eigenvalue weighted by atomic mass is 35.5. The van der Waals surface area contributed by atoms with Gasteiger partial charge in [-0.25, -0.2) is 19.2 Å². The van der Waals surface area contributed by atoms with Crippen molar-refractivity contribution in [1.82, 2.24) is 25.1 Å². The van der Waals surface area contributed by atoms with Gasteiger partial charge in [-0.15, -0.1) is 11.3 Å². The molecule has 3 aromatic heterocycles. The SMILES string of the molecule is CC(C)(C)OC(=O)NCC(=O)OCCn1cc2c(n1)CCc1c-2sc2ncnc(Nc3ccc(OCc4cccc(F)c4)c(Cl)c3)c12. The van der Waals surface area contributed by atoms with Gasteiger partial charge in [-0.3, -0.25) is 9.48 Å². The number of fused-ring (bicyclic) bond motifs is 5. The lowest BCUT2D eigenvalue weighted by atomic mass is 9.95. The summed E-state index contributed by atoms with van der Waals surface area (Å²) in [5.74, 6) is 0.267. The summed E-state index contributed by atoms with van der Waals surface area (Å²) in [6.45, 7) is 5.60. The van der Waals surface area contributed by atoms with E-state index in [1.165, 1.54) is 18.5 Å². The van der Waals surface area contributed by atoms with E-state index in [2.05, 4.69) is 20.6 Å². The first-order valence-corrected chi connectivity index (χ1v) is 16.1. The van der Waals surface area contributed by atoms with Gasteiger partial charge < -0.3 is 24.8 Å². The molecule has 2 aromatic carbocycles. The van der Waals surface area contributed by atoms with Gasteiger partial charge in [0.2, 0.25) is 0 Å². The smallest absolute Gasteiger partial charge is 0.408 e. The van der Waals surface area contributed by atoms with Crippen molar-refractivity contribution >= 4 is 56.7 Å². The number of benzene rings is 2. The van der Waals surface area contributed by atoms with Gasteiger partial charge in [0.25, 0.3) is 0 Å². The van der Waals surface area contributed by atoms with E-state index in [9.17, 15) is 14.0 Å². The fourth-order valence-corrected chi connectivity index (χ4v) is 6.58. The predicted octanol–water partition coefficient (Wildman–Crippen LogP) is 6.84. The topological polar surface area (TPSA) is 129 Å². The van der Waals surface area contributed by atoms with Crippen molar-refractivity contribution in [1.29, 1.82) is 0 Å². The van der Waals surface area contributed by atoms with Crippen LogP contribution in [0, 0.1) is 5.82 Å². The van der Waals surface area contributed by atoms with Crippen LogP contribution in [0.4, 0.5) is 20.7 Å². The molecule has 1 aliphatic rings. The number of anilines is 2. The average molecular weight is 679 g/mol. The number of carbonyl (C=O) groups excluding carboxylic acids is 2. The lowest BCUT2D eigenvalue weighted by Gasteiger charge is -2.19. The van der Waals surface area contributed by atoms with Crippen LogP contribution < -0.4 is 15.4 Å². The average Bonchev–Trinajstić information content (AvgIpc) is 3.61. The van der Waals surface area contributed by atoms with E-state index in [1.807, 2.05) is 12.3 Å². The number of hydrogen-bond donors (Lipinski definition) is 2. The molecule has 244 valence electrons. The summed E-state index contributed by atoms with van der Waals surface area (Å²) in [7, 11) is 0. The highest BCUT2D eigenvalue weighted by molar-refractivity contribution is 7.22. The molecule has 0 fully saturated rings. The zero-order chi connectivity index (χ0) is 33.1. The highest BCUT2D eigenvalue weighted by Gasteiger charge is 2.26. The molecule has 11 nitrogen and oxygen atoms in total. The number of amides is 1. The minimum absolute atomic E-state index is 0.103. The second-order valence-corrected chi connectivity index (χ2v) is 13.2. The lowest BCUT2D eigenvalue weighted by Crippen LogP contribution is -2.36. The standard InChI is InChI=1S/C33H32ClFN6O5S/c1-33(2,3)46-32(43)36-15-27(42)44-12-11-41-16-23-25(40-41)9-8-22-28-30(37-18-38-31(28)47-29(22)23)39-21-7-10-26(24(34)14-21)45-17-19-5-4-6-20(35)13-19/h4-7,10,13-14,16,18H,8-9,11-12,15,17H2,1-3H3,(H,36,43)(H,37,38,39). The number of thiophene rings is 1. The molecule has 14 heteroatoms. The van der Waals surface area contributed by atoms with Gasteiger partial charge in [-0.2, -0.15) is 5.10 Å². The molecule has 0 aliphatic heterocycles. The third-order valence-corrected chi connectivity index (χ3v) is 8.59. The van der Waals surface area contributed by atoms with Crippen molar-refractivity contribution in [3.8, 4) is 16.2 Å². The second kappa shape index (κ2) is 13.5. The molecule has 0 saturated heterocycles. The molecule has 1 amide bonds. The first-order valence-electron chi connectivity index (χ1n) is 14.9. The van der Waals surface area contributed by atoms with Gasteiger partial charge >= 0.3 is 12.1 Å². The summed E-state index contributed by atoms with van der Waals surface area (Å²) in [5.41, 5.74) is 3.90. The molecule has 5 aromatic rings. The molecule has 6 rings (SSSR count). The number of rotatable bonds is 10. The van der Waals surface area contributed by atoms with Crippen molar-refractivity contribution in [2.24, 2.45) is 0 Å². The molecule has 0 bridgehead atoms. The molecule has 2 N–H and O–H groups in total. The maximum atomic E-state index is 13.5. The van der Waals surface area contributed by atoms with Gasteiger partial charge in [0.05, 0.1) is 22.6 Å². The Bertz CT molecular complexity index is 1960. The van der Waals surface area contributed by atoms with Crippen molar-refractivity contribution in [2.45, 2.75) is 52.4 Å². The van der Waals surface area contributed by atoms with E-state index in [0.717, 1.165) is 50.4 Å². The van der Waals surface area contributed by atoms with E-state index >= 15 is 0 Å². The van der Waals surface area contributed by atoms with Crippen LogP contribution in [0.15, 0.2) is 55.0 Å². The van der Waals surface area contributed by atoms with Gasteiger partial charge in [0.1, 0.15) is 53.9 Å². The minimum Gasteiger partial charge on any atom is -0.487 e. The molecule has 47 heavy (non-hydrogen) atoms. The Kier molecular flexibility index (Phi) is 9.28. The molecular formula is C33H32ClFN6O5S. The van der Waals surface area contributed by atoms with Crippen LogP contribution in [-0.2, 0) is 40.3 Å². The first-order chi connectivity index (χ1) is 22.5. The summed E-state index contributed by atoms with van der Waals surface area (Å²) < 4.78 is 31.5. The zero-order valence-electron chi connectivity index (χ0n) is 25.9. The van der Waals surface area contributed by atoms with Gasteiger partial charge in [-0.05, 0) is 75.1 Å². The number of esters is 1. The number of halogens is 2. The quantitative estimate of drug-likeness (QED) is 0.153. The number of nitrogens with one attached hydrogen (secondary N) is 2. The number of carbonyl (C=O) groups is 2. The summed E-state index contributed by atoms with van der Waals surface area (Å²) in [4.78, 5) is 34.9. The minimum atomic E-state index is -0.679. The van der Waals surface area contributed by atoms with Crippen LogP contribution in [0.1, 0.15) is 37.6 Å². The molecule has 0 atom stereocenters. The monoisotopic (exact) mass is 678 g/mol. The second-order valence-electron chi connectivity index (χ2n) is 11.8. The highest BCUT2D eigenvalue weighted by Crippen LogP contribution is 2.45. The van der Waals surface area contributed by atoms with Crippen LogP contribution in [0.25, 0.3) is 20.7 Å². The van der Waals surface area contributed by atoms with Crippen molar-refractivity contribution in [3.63, 3.8) is 0 Å².